The average Bonchev–Trinajstić information content (AvgIpc) is 2.78. The van der Waals surface area contributed by atoms with Gasteiger partial charge < -0.3 is 10.5 Å². The van der Waals surface area contributed by atoms with Crippen molar-refractivity contribution in [3.63, 3.8) is 0 Å². The number of hydrogen-bond acceptors (Lipinski definition) is 3. The summed E-state index contributed by atoms with van der Waals surface area (Å²) in [5.74, 6) is 0.858. The molecule has 0 unspecified atom stereocenters. The van der Waals surface area contributed by atoms with Gasteiger partial charge in [-0.05, 0) is 42.8 Å². The van der Waals surface area contributed by atoms with Gasteiger partial charge in [-0.25, -0.2) is 0 Å². The monoisotopic (exact) mass is 279 g/mol. The van der Waals surface area contributed by atoms with Gasteiger partial charge in [-0.3, -0.25) is 4.68 Å². The highest BCUT2D eigenvalue weighted by Crippen LogP contribution is 2.23. The van der Waals surface area contributed by atoms with Gasteiger partial charge in [-0.1, -0.05) is 11.6 Å². The van der Waals surface area contributed by atoms with Crippen LogP contribution in [0.5, 0.6) is 5.75 Å². The van der Waals surface area contributed by atoms with E-state index in [1.54, 1.807) is 6.20 Å². The van der Waals surface area contributed by atoms with Crippen LogP contribution >= 0.6 is 11.6 Å². The van der Waals surface area contributed by atoms with Crippen molar-refractivity contribution in [2.45, 2.75) is 12.8 Å². The van der Waals surface area contributed by atoms with Gasteiger partial charge >= 0.3 is 0 Å². The van der Waals surface area contributed by atoms with Crippen molar-refractivity contribution in [3.05, 3.63) is 46.7 Å². The zero-order chi connectivity index (χ0) is 13.7. The number of aromatic nitrogens is 2. The molecule has 4 nitrogen and oxygen atoms in total. The van der Waals surface area contributed by atoms with Crippen molar-refractivity contribution in [2.24, 2.45) is 12.8 Å². The van der Waals surface area contributed by atoms with E-state index >= 15 is 0 Å². The molecule has 1 aromatic carbocycles. The molecule has 0 spiro atoms. The third-order valence-electron chi connectivity index (χ3n) is 2.97. The van der Waals surface area contributed by atoms with E-state index in [9.17, 15) is 0 Å². The van der Waals surface area contributed by atoms with Crippen LogP contribution in [0.15, 0.2) is 30.5 Å². The number of hydrogen-bond donors (Lipinski definition) is 1. The molecule has 0 saturated heterocycles. The van der Waals surface area contributed by atoms with Gasteiger partial charge in [0.2, 0.25) is 0 Å². The highest BCUT2D eigenvalue weighted by molar-refractivity contribution is 6.30. The van der Waals surface area contributed by atoms with Gasteiger partial charge in [0.25, 0.3) is 0 Å². The SMILES string of the molecule is Cn1nccc1CCOc1ccc(Cl)cc1CCN. The maximum atomic E-state index is 5.98. The van der Waals surface area contributed by atoms with Crippen LogP contribution < -0.4 is 10.5 Å². The van der Waals surface area contributed by atoms with E-state index in [-0.39, 0.29) is 0 Å². The van der Waals surface area contributed by atoms with E-state index < -0.39 is 0 Å². The lowest BCUT2D eigenvalue weighted by molar-refractivity contribution is 0.315. The Balaban J connectivity index is 1.97. The normalized spacial score (nSPS) is 10.7. The number of ether oxygens (including phenoxy) is 1. The van der Waals surface area contributed by atoms with Crippen LogP contribution in [-0.2, 0) is 19.9 Å². The molecule has 0 bridgehead atoms. The second-order valence-electron chi connectivity index (χ2n) is 4.34. The van der Waals surface area contributed by atoms with Crippen LogP contribution in [0.4, 0.5) is 0 Å². The van der Waals surface area contributed by atoms with Crippen LogP contribution in [0.3, 0.4) is 0 Å². The Morgan fingerprint density at radius 2 is 2.16 bits per heavy atom. The van der Waals surface area contributed by atoms with E-state index in [0.29, 0.717) is 18.2 Å². The van der Waals surface area contributed by atoms with Gasteiger partial charge in [-0.2, -0.15) is 5.10 Å². The molecule has 2 aromatic rings. The number of benzene rings is 1. The molecule has 0 aliphatic carbocycles. The average molecular weight is 280 g/mol. The first-order valence-corrected chi connectivity index (χ1v) is 6.66. The van der Waals surface area contributed by atoms with Gasteiger partial charge in [0, 0.05) is 30.4 Å². The topological polar surface area (TPSA) is 53.1 Å². The number of aryl methyl sites for hydroxylation is 1. The van der Waals surface area contributed by atoms with Crippen LogP contribution in [-0.4, -0.2) is 22.9 Å². The molecule has 5 heteroatoms. The fourth-order valence-electron chi connectivity index (χ4n) is 1.95. The molecular formula is C14H18ClN3O. The van der Waals surface area contributed by atoms with Gasteiger partial charge in [0.05, 0.1) is 6.61 Å². The molecular weight excluding hydrogens is 262 g/mol. The molecule has 19 heavy (non-hydrogen) atoms. The lowest BCUT2D eigenvalue weighted by atomic mass is 10.1. The molecule has 0 fully saturated rings. The standard InChI is InChI=1S/C14H18ClN3O/c1-18-13(5-8-17-18)6-9-19-14-3-2-12(15)10-11(14)4-7-16/h2-3,5,8,10H,4,6-7,9,16H2,1H3. The highest BCUT2D eigenvalue weighted by Gasteiger charge is 2.05. The lowest BCUT2D eigenvalue weighted by Gasteiger charge is -2.11. The van der Waals surface area contributed by atoms with Crippen molar-refractivity contribution >= 4 is 11.6 Å². The summed E-state index contributed by atoms with van der Waals surface area (Å²) in [5.41, 5.74) is 7.80. The van der Waals surface area contributed by atoms with Crippen LogP contribution in [0, 0.1) is 0 Å². The fraction of sp³-hybridized carbons (Fsp3) is 0.357. The van der Waals surface area contributed by atoms with E-state index in [1.807, 2.05) is 36.0 Å². The minimum Gasteiger partial charge on any atom is -0.493 e. The first kappa shape index (κ1) is 13.9. The smallest absolute Gasteiger partial charge is 0.122 e. The molecule has 0 aliphatic heterocycles. The van der Waals surface area contributed by atoms with E-state index in [1.165, 1.54) is 0 Å². The van der Waals surface area contributed by atoms with Gasteiger partial charge in [-0.15, -0.1) is 0 Å². The van der Waals surface area contributed by atoms with Crippen LogP contribution in [0.25, 0.3) is 0 Å². The summed E-state index contributed by atoms with van der Waals surface area (Å²) in [7, 11) is 1.93. The molecule has 2 rings (SSSR count). The number of rotatable bonds is 6. The fourth-order valence-corrected chi connectivity index (χ4v) is 2.15. The third kappa shape index (κ3) is 3.72. The first-order chi connectivity index (χ1) is 9.20. The Morgan fingerprint density at radius 3 is 2.84 bits per heavy atom. The predicted octanol–water partition coefficient (Wildman–Crippen LogP) is 2.20. The second-order valence-corrected chi connectivity index (χ2v) is 4.77. The molecule has 0 amide bonds. The summed E-state index contributed by atoms with van der Waals surface area (Å²) in [5, 5.41) is 4.84. The van der Waals surface area contributed by atoms with Gasteiger partial charge in [0.15, 0.2) is 0 Å². The van der Waals surface area contributed by atoms with Crippen molar-refractivity contribution in [1.82, 2.24) is 9.78 Å². The summed E-state index contributed by atoms with van der Waals surface area (Å²) >= 11 is 5.98. The van der Waals surface area contributed by atoms with E-state index in [0.717, 1.165) is 29.8 Å². The summed E-state index contributed by atoms with van der Waals surface area (Å²) in [6.07, 6.45) is 3.38. The molecule has 0 aliphatic rings. The van der Waals surface area contributed by atoms with Crippen molar-refractivity contribution in [3.8, 4) is 5.75 Å². The zero-order valence-electron chi connectivity index (χ0n) is 11.0. The Bertz CT molecular complexity index is 539. The number of nitrogens with two attached hydrogens (primary N) is 1. The molecule has 102 valence electrons. The number of nitrogens with zero attached hydrogens (tertiary/aromatic N) is 2. The maximum Gasteiger partial charge on any atom is 0.122 e. The summed E-state index contributed by atoms with van der Waals surface area (Å²) in [6.45, 7) is 1.19. The molecule has 0 radical (unpaired) electrons. The quantitative estimate of drug-likeness (QED) is 0.882. The largest absolute Gasteiger partial charge is 0.493 e. The Labute approximate surface area is 118 Å². The Kier molecular flexibility index (Phi) is 4.82. The second kappa shape index (κ2) is 6.59. The third-order valence-corrected chi connectivity index (χ3v) is 3.21. The minimum atomic E-state index is 0.582. The minimum absolute atomic E-state index is 0.582. The van der Waals surface area contributed by atoms with E-state index in [4.69, 9.17) is 22.1 Å². The van der Waals surface area contributed by atoms with Crippen molar-refractivity contribution < 1.29 is 4.74 Å². The van der Waals surface area contributed by atoms with Gasteiger partial charge in [0.1, 0.15) is 5.75 Å². The van der Waals surface area contributed by atoms with Crippen LogP contribution in [0.2, 0.25) is 5.02 Å². The lowest BCUT2D eigenvalue weighted by Crippen LogP contribution is -2.09. The molecule has 2 N–H and O–H groups in total. The summed E-state index contributed by atoms with van der Waals surface area (Å²) < 4.78 is 7.67. The Hall–Kier alpha value is -1.52. The molecule has 0 saturated carbocycles. The first-order valence-electron chi connectivity index (χ1n) is 6.29. The van der Waals surface area contributed by atoms with Crippen molar-refractivity contribution in [2.75, 3.05) is 13.2 Å². The summed E-state index contributed by atoms with van der Waals surface area (Å²) in [4.78, 5) is 0. The number of halogens is 1. The predicted molar refractivity (Wildman–Crippen MR) is 76.6 cm³/mol. The zero-order valence-corrected chi connectivity index (χ0v) is 11.7. The van der Waals surface area contributed by atoms with Crippen molar-refractivity contribution in [1.29, 1.82) is 0 Å². The highest BCUT2D eigenvalue weighted by atomic mass is 35.5. The van der Waals surface area contributed by atoms with Crippen LogP contribution in [0.1, 0.15) is 11.3 Å². The Morgan fingerprint density at radius 1 is 1.32 bits per heavy atom. The summed E-state index contributed by atoms with van der Waals surface area (Å²) in [6, 6.07) is 7.64. The molecule has 0 atom stereocenters. The van der Waals surface area contributed by atoms with E-state index in [2.05, 4.69) is 5.10 Å². The maximum absolute atomic E-state index is 5.98. The molecule has 1 heterocycles. The molecule has 1 aromatic heterocycles.